The SMILES string of the molecule is O=C(Cc1cccs1)OCc1nnc(-c2ccccc2)o1. The van der Waals surface area contributed by atoms with E-state index in [0.717, 1.165) is 10.4 Å². The van der Waals surface area contributed by atoms with Crippen LogP contribution in [0.5, 0.6) is 0 Å². The van der Waals surface area contributed by atoms with E-state index in [1.165, 1.54) is 11.3 Å². The Hall–Kier alpha value is -2.47. The number of thiophene rings is 1. The highest BCUT2D eigenvalue weighted by Crippen LogP contribution is 2.17. The van der Waals surface area contributed by atoms with E-state index in [2.05, 4.69) is 10.2 Å². The van der Waals surface area contributed by atoms with Crippen LogP contribution in [-0.2, 0) is 22.6 Å². The van der Waals surface area contributed by atoms with Crippen LogP contribution in [0.4, 0.5) is 0 Å². The fourth-order valence-corrected chi connectivity index (χ4v) is 2.45. The van der Waals surface area contributed by atoms with E-state index in [1.54, 1.807) is 0 Å². The zero-order chi connectivity index (χ0) is 14.5. The summed E-state index contributed by atoms with van der Waals surface area (Å²) in [4.78, 5) is 12.6. The minimum Gasteiger partial charge on any atom is -0.455 e. The van der Waals surface area contributed by atoms with E-state index in [0.29, 0.717) is 5.89 Å². The van der Waals surface area contributed by atoms with Gasteiger partial charge < -0.3 is 9.15 Å². The minimum atomic E-state index is -0.308. The molecule has 3 rings (SSSR count). The molecule has 0 fully saturated rings. The monoisotopic (exact) mass is 300 g/mol. The van der Waals surface area contributed by atoms with Crippen LogP contribution in [0, 0.1) is 0 Å². The number of rotatable bonds is 5. The van der Waals surface area contributed by atoms with Gasteiger partial charge in [0.25, 0.3) is 5.89 Å². The Bertz CT molecular complexity index is 708. The minimum absolute atomic E-state index is 0.00988. The summed E-state index contributed by atoms with van der Waals surface area (Å²) >= 11 is 1.52. The van der Waals surface area contributed by atoms with Gasteiger partial charge in [0.2, 0.25) is 5.89 Å². The highest BCUT2D eigenvalue weighted by molar-refractivity contribution is 7.10. The van der Waals surface area contributed by atoms with Crippen LogP contribution in [-0.4, -0.2) is 16.2 Å². The van der Waals surface area contributed by atoms with Crippen molar-refractivity contribution < 1.29 is 13.9 Å². The van der Waals surface area contributed by atoms with Crippen LogP contribution in [0.25, 0.3) is 11.5 Å². The van der Waals surface area contributed by atoms with Crippen molar-refractivity contribution in [2.45, 2.75) is 13.0 Å². The second-order valence-electron chi connectivity index (χ2n) is 4.28. The summed E-state index contributed by atoms with van der Waals surface area (Å²) < 4.78 is 10.6. The van der Waals surface area contributed by atoms with Gasteiger partial charge in [-0.2, -0.15) is 0 Å². The normalized spacial score (nSPS) is 10.5. The number of aromatic nitrogens is 2. The fourth-order valence-electron chi connectivity index (χ4n) is 1.76. The third-order valence-corrected chi connectivity index (χ3v) is 3.62. The lowest BCUT2D eigenvalue weighted by molar-refractivity contribution is -0.144. The van der Waals surface area contributed by atoms with Crippen molar-refractivity contribution >= 4 is 17.3 Å². The van der Waals surface area contributed by atoms with Crippen molar-refractivity contribution in [3.8, 4) is 11.5 Å². The third kappa shape index (κ3) is 3.55. The first-order valence-corrected chi connectivity index (χ1v) is 7.25. The Balaban J connectivity index is 1.56. The Kier molecular flexibility index (Phi) is 4.07. The van der Waals surface area contributed by atoms with Gasteiger partial charge in [-0.1, -0.05) is 24.3 Å². The first-order valence-electron chi connectivity index (χ1n) is 6.37. The van der Waals surface area contributed by atoms with Crippen molar-refractivity contribution in [3.05, 3.63) is 58.6 Å². The molecule has 0 saturated carbocycles. The Morgan fingerprint density at radius 1 is 1.14 bits per heavy atom. The van der Waals surface area contributed by atoms with Crippen molar-refractivity contribution in [2.24, 2.45) is 0 Å². The van der Waals surface area contributed by atoms with Crippen LogP contribution in [0.3, 0.4) is 0 Å². The summed E-state index contributed by atoms with van der Waals surface area (Å²) in [6.45, 7) is -0.00988. The summed E-state index contributed by atoms with van der Waals surface area (Å²) in [7, 11) is 0. The van der Waals surface area contributed by atoms with Crippen LogP contribution in [0.1, 0.15) is 10.8 Å². The van der Waals surface area contributed by atoms with Crippen molar-refractivity contribution in [3.63, 3.8) is 0 Å². The van der Waals surface area contributed by atoms with E-state index in [1.807, 2.05) is 47.8 Å². The molecule has 2 aromatic heterocycles. The number of ether oxygens (including phenoxy) is 1. The zero-order valence-electron chi connectivity index (χ0n) is 11.1. The molecule has 106 valence electrons. The van der Waals surface area contributed by atoms with Crippen LogP contribution in [0.15, 0.2) is 52.3 Å². The Morgan fingerprint density at radius 2 is 2.00 bits per heavy atom. The molecule has 2 heterocycles. The van der Waals surface area contributed by atoms with Crippen LogP contribution < -0.4 is 0 Å². The second-order valence-corrected chi connectivity index (χ2v) is 5.32. The molecule has 0 aliphatic carbocycles. The van der Waals surface area contributed by atoms with E-state index in [4.69, 9.17) is 9.15 Å². The maximum atomic E-state index is 11.7. The molecule has 0 atom stereocenters. The summed E-state index contributed by atoms with van der Waals surface area (Å²) in [5.41, 5.74) is 0.834. The number of nitrogens with zero attached hydrogens (tertiary/aromatic N) is 2. The van der Waals surface area contributed by atoms with Crippen LogP contribution >= 0.6 is 11.3 Å². The summed E-state index contributed by atoms with van der Waals surface area (Å²) in [6, 6.07) is 13.2. The standard InChI is InChI=1S/C15H12N2O3S/c18-14(9-12-7-4-8-21-12)19-10-13-16-17-15(20-13)11-5-2-1-3-6-11/h1-8H,9-10H2. The predicted octanol–water partition coefficient (Wildman–Crippen LogP) is 3.08. The number of hydrogen-bond acceptors (Lipinski definition) is 6. The van der Waals surface area contributed by atoms with Crippen molar-refractivity contribution in [1.29, 1.82) is 0 Å². The average molecular weight is 300 g/mol. The molecule has 0 aliphatic rings. The molecule has 0 aliphatic heterocycles. The summed E-state index contributed by atoms with van der Waals surface area (Å²) in [5, 5.41) is 9.73. The first kappa shape index (κ1) is 13.5. The lowest BCUT2D eigenvalue weighted by Gasteiger charge is -2.00. The van der Waals surface area contributed by atoms with Gasteiger partial charge in [0, 0.05) is 10.4 Å². The molecule has 21 heavy (non-hydrogen) atoms. The molecule has 5 nitrogen and oxygen atoms in total. The third-order valence-electron chi connectivity index (χ3n) is 2.74. The van der Waals surface area contributed by atoms with E-state index in [9.17, 15) is 4.79 Å². The molecule has 1 aromatic carbocycles. The fraction of sp³-hybridized carbons (Fsp3) is 0.133. The van der Waals surface area contributed by atoms with Gasteiger partial charge in [-0.05, 0) is 23.6 Å². The van der Waals surface area contributed by atoms with Gasteiger partial charge >= 0.3 is 5.97 Å². The van der Waals surface area contributed by atoms with Crippen LogP contribution in [0.2, 0.25) is 0 Å². The Labute approximate surface area is 125 Å². The topological polar surface area (TPSA) is 65.2 Å². The quantitative estimate of drug-likeness (QED) is 0.677. The Morgan fingerprint density at radius 3 is 2.76 bits per heavy atom. The highest BCUT2D eigenvalue weighted by atomic mass is 32.1. The maximum Gasteiger partial charge on any atom is 0.311 e. The largest absolute Gasteiger partial charge is 0.455 e. The second kappa shape index (κ2) is 6.32. The summed E-state index contributed by atoms with van der Waals surface area (Å²) in [5.74, 6) is 0.394. The molecule has 0 bridgehead atoms. The highest BCUT2D eigenvalue weighted by Gasteiger charge is 2.11. The molecule has 0 saturated heterocycles. The lowest BCUT2D eigenvalue weighted by Crippen LogP contribution is -2.07. The van der Waals surface area contributed by atoms with Crippen molar-refractivity contribution in [1.82, 2.24) is 10.2 Å². The molecule has 0 unspecified atom stereocenters. The van der Waals surface area contributed by atoms with Crippen molar-refractivity contribution in [2.75, 3.05) is 0 Å². The lowest BCUT2D eigenvalue weighted by atomic mass is 10.2. The summed E-state index contributed by atoms with van der Waals surface area (Å²) in [6.07, 6.45) is 0.261. The molecular weight excluding hydrogens is 288 g/mol. The predicted molar refractivity (Wildman–Crippen MR) is 77.6 cm³/mol. The number of esters is 1. The molecular formula is C15H12N2O3S. The van der Waals surface area contributed by atoms with E-state index < -0.39 is 0 Å². The maximum absolute atomic E-state index is 11.7. The number of hydrogen-bond donors (Lipinski definition) is 0. The smallest absolute Gasteiger partial charge is 0.311 e. The first-order chi connectivity index (χ1) is 10.3. The number of carbonyl (C=O) groups excluding carboxylic acids is 1. The number of benzene rings is 1. The molecule has 6 heteroatoms. The van der Waals surface area contributed by atoms with Gasteiger partial charge in [-0.3, -0.25) is 4.79 Å². The molecule has 0 radical (unpaired) electrons. The van der Waals surface area contributed by atoms with Gasteiger partial charge in [-0.15, -0.1) is 21.5 Å². The molecule has 0 N–H and O–H groups in total. The molecule has 0 amide bonds. The number of carbonyl (C=O) groups is 1. The molecule has 3 aromatic rings. The zero-order valence-corrected chi connectivity index (χ0v) is 11.9. The average Bonchev–Trinajstić information content (AvgIpc) is 3.17. The van der Waals surface area contributed by atoms with E-state index in [-0.39, 0.29) is 24.9 Å². The van der Waals surface area contributed by atoms with Gasteiger partial charge in [0.05, 0.1) is 6.42 Å². The van der Waals surface area contributed by atoms with Gasteiger partial charge in [0.15, 0.2) is 6.61 Å². The van der Waals surface area contributed by atoms with Gasteiger partial charge in [-0.25, -0.2) is 0 Å². The molecule has 0 spiro atoms. The van der Waals surface area contributed by atoms with E-state index >= 15 is 0 Å². The van der Waals surface area contributed by atoms with Gasteiger partial charge in [0.1, 0.15) is 0 Å².